The molecule has 0 fully saturated rings. The predicted octanol–water partition coefficient (Wildman–Crippen LogP) is 6.24. The number of hydrogen-bond donors (Lipinski definition) is 1. The highest BCUT2D eigenvalue weighted by molar-refractivity contribution is 6.42. The predicted molar refractivity (Wildman–Crippen MR) is 146 cm³/mol. The molecule has 0 heterocycles. The van der Waals surface area contributed by atoms with Gasteiger partial charge in [-0.3, -0.25) is 9.59 Å². The van der Waals surface area contributed by atoms with Crippen molar-refractivity contribution in [3.05, 3.63) is 99.5 Å². The van der Waals surface area contributed by atoms with Gasteiger partial charge in [-0.1, -0.05) is 84.7 Å². The highest BCUT2D eigenvalue weighted by atomic mass is 35.5. The second-order valence-corrected chi connectivity index (χ2v) is 9.66. The zero-order chi connectivity index (χ0) is 26.1. The van der Waals surface area contributed by atoms with E-state index in [1.165, 1.54) is 0 Å². The van der Waals surface area contributed by atoms with Crippen LogP contribution in [-0.2, 0) is 22.6 Å². The third-order valence-corrected chi connectivity index (χ3v) is 6.79. The summed E-state index contributed by atoms with van der Waals surface area (Å²) in [5.41, 5.74) is 2.65. The number of carbonyl (C=O) groups is 2. The second kappa shape index (κ2) is 13.3. The first-order valence-corrected chi connectivity index (χ1v) is 12.8. The van der Waals surface area contributed by atoms with Gasteiger partial charge >= 0.3 is 0 Å². The Hall–Kier alpha value is -3.02. The molecule has 0 unspecified atom stereocenters. The number of carbonyl (C=O) groups excluding carboxylic acids is 2. The molecule has 0 aliphatic carbocycles. The van der Waals surface area contributed by atoms with Crippen molar-refractivity contribution in [1.82, 2.24) is 10.2 Å². The van der Waals surface area contributed by atoms with E-state index in [1.807, 2.05) is 81.4 Å². The molecule has 0 spiro atoms. The first kappa shape index (κ1) is 27.6. The van der Waals surface area contributed by atoms with Crippen molar-refractivity contribution >= 4 is 35.0 Å². The molecule has 0 radical (unpaired) electrons. The zero-order valence-electron chi connectivity index (χ0n) is 20.8. The number of hydrogen-bond acceptors (Lipinski definition) is 3. The smallest absolute Gasteiger partial charge is 0.261 e. The number of nitrogens with zero attached hydrogens (tertiary/aromatic N) is 1. The maximum absolute atomic E-state index is 13.6. The van der Waals surface area contributed by atoms with E-state index in [-0.39, 0.29) is 31.0 Å². The Bertz CT molecular complexity index is 1170. The van der Waals surface area contributed by atoms with Gasteiger partial charge in [0, 0.05) is 19.0 Å². The van der Waals surface area contributed by atoms with E-state index in [9.17, 15) is 9.59 Å². The lowest BCUT2D eigenvalue weighted by atomic mass is 10.0. The molecule has 0 aromatic heterocycles. The number of halogens is 2. The normalized spacial score (nSPS) is 12.5. The lowest BCUT2D eigenvalue weighted by Crippen LogP contribution is -2.53. The van der Waals surface area contributed by atoms with Crippen LogP contribution in [0.1, 0.15) is 37.0 Å². The zero-order valence-corrected chi connectivity index (χ0v) is 22.4. The third-order valence-electron chi connectivity index (χ3n) is 6.05. The molecule has 5 nitrogen and oxygen atoms in total. The number of amides is 2. The van der Waals surface area contributed by atoms with Crippen LogP contribution >= 0.6 is 23.2 Å². The monoisotopic (exact) mass is 526 g/mol. The van der Waals surface area contributed by atoms with Crippen LogP contribution in [-0.4, -0.2) is 35.4 Å². The lowest BCUT2D eigenvalue weighted by Gasteiger charge is -2.32. The van der Waals surface area contributed by atoms with Crippen molar-refractivity contribution in [2.45, 2.75) is 52.2 Å². The van der Waals surface area contributed by atoms with Gasteiger partial charge < -0.3 is 15.0 Å². The lowest BCUT2D eigenvalue weighted by molar-refractivity contribution is -0.143. The minimum absolute atomic E-state index is 0.0269. The van der Waals surface area contributed by atoms with Gasteiger partial charge in [0.2, 0.25) is 5.91 Å². The van der Waals surface area contributed by atoms with Crippen LogP contribution in [0.4, 0.5) is 0 Å². The molecular weight excluding hydrogens is 495 g/mol. The fourth-order valence-electron chi connectivity index (χ4n) is 3.77. The number of aryl methyl sites for hydroxylation is 1. The molecule has 2 amide bonds. The quantitative estimate of drug-likeness (QED) is 0.322. The Balaban J connectivity index is 1.94. The fourth-order valence-corrected chi connectivity index (χ4v) is 4.09. The van der Waals surface area contributed by atoms with E-state index in [2.05, 4.69) is 5.32 Å². The van der Waals surface area contributed by atoms with Crippen LogP contribution in [0, 0.1) is 6.92 Å². The molecule has 3 aromatic rings. The second-order valence-electron chi connectivity index (χ2n) is 8.85. The Morgan fingerprint density at radius 2 is 1.64 bits per heavy atom. The van der Waals surface area contributed by atoms with E-state index in [1.54, 1.807) is 17.0 Å². The number of para-hydroxylation sites is 1. The van der Waals surface area contributed by atoms with E-state index < -0.39 is 6.04 Å². The number of nitrogens with one attached hydrogen (secondary N) is 1. The molecule has 7 heteroatoms. The molecule has 0 aliphatic heterocycles. The van der Waals surface area contributed by atoms with Gasteiger partial charge in [-0.25, -0.2) is 0 Å². The minimum atomic E-state index is -0.746. The van der Waals surface area contributed by atoms with Crippen molar-refractivity contribution in [2.75, 3.05) is 6.61 Å². The van der Waals surface area contributed by atoms with Crippen LogP contribution in [0.25, 0.3) is 0 Å². The van der Waals surface area contributed by atoms with Gasteiger partial charge in [0.25, 0.3) is 5.91 Å². The van der Waals surface area contributed by atoms with E-state index >= 15 is 0 Å². The van der Waals surface area contributed by atoms with Gasteiger partial charge in [-0.2, -0.15) is 0 Å². The van der Waals surface area contributed by atoms with Gasteiger partial charge in [0.1, 0.15) is 11.8 Å². The topological polar surface area (TPSA) is 58.6 Å². The number of rotatable bonds is 11. The standard InChI is InChI=1S/C29H32Cl2N2O3/c1-4-21(3)32-29(35)26(17-22-11-6-5-7-12-22)33(18-23-14-15-24(30)25(31)16-23)28(34)19-36-27-13-9-8-10-20(27)2/h5-16,21,26H,4,17-19H2,1-3H3,(H,32,35)/t21-,26+/m0/s1. The van der Waals surface area contributed by atoms with Crippen LogP contribution < -0.4 is 10.1 Å². The average Bonchev–Trinajstić information content (AvgIpc) is 2.88. The summed E-state index contributed by atoms with van der Waals surface area (Å²) in [6.45, 7) is 5.85. The van der Waals surface area contributed by atoms with Crippen molar-refractivity contribution in [3.8, 4) is 5.75 Å². The number of ether oxygens (including phenoxy) is 1. The van der Waals surface area contributed by atoms with Gasteiger partial charge in [-0.05, 0) is 55.2 Å². The summed E-state index contributed by atoms with van der Waals surface area (Å²) >= 11 is 12.4. The fraction of sp³-hybridized carbons (Fsp3) is 0.310. The van der Waals surface area contributed by atoms with Crippen molar-refractivity contribution < 1.29 is 14.3 Å². The summed E-state index contributed by atoms with van der Waals surface area (Å²) in [4.78, 5) is 28.7. The van der Waals surface area contributed by atoms with E-state index in [0.29, 0.717) is 22.2 Å². The molecule has 0 bridgehead atoms. The van der Waals surface area contributed by atoms with E-state index in [0.717, 1.165) is 23.1 Å². The first-order valence-electron chi connectivity index (χ1n) is 12.0. The summed E-state index contributed by atoms with van der Waals surface area (Å²) in [5.74, 6) is 0.117. The van der Waals surface area contributed by atoms with Gasteiger partial charge in [-0.15, -0.1) is 0 Å². The summed E-state index contributed by atoms with van der Waals surface area (Å²) in [5, 5.41) is 3.87. The van der Waals surface area contributed by atoms with Crippen LogP contribution in [0.3, 0.4) is 0 Å². The van der Waals surface area contributed by atoms with Crippen molar-refractivity contribution in [1.29, 1.82) is 0 Å². The minimum Gasteiger partial charge on any atom is -0.484 e. The van der Waals surface area contributed by atoms with E-state index in [4.69, 9.17) is 27.9 Å². The van der Waals surface area contributed by atoms with Crippen LogP contribution in [0.5, 0.6) is 5.75 Å². The molecule has 0 saturated carbocycles. The Morgan fingerprint density at radius 1 is 0.944 bits per heavy atom. The number of benzene rings is 3. The highest BCUT2D eigenvalue weighted by Gasteiger charge is 2.31. The molecule has 36 heavy (non-hydrogen) atoms. The molecule has 1 N–H and O–H groups in total. The Kier molecular flexibility index (Phi) is 10.2. The first-order chi connectivity index (χ1) is 17.3. The van der Waals surface area contributed by atoms with Gasteiger partial charge in [0.15, 0.2) is 6.61 Å². The SMILES string of the molecule is CC[C@H](C)NC(=O)[C@@H](Cc1ccccc1)N(Cc1ccc(Cl)c(Cl)c1)C(=O)COc1ccccc1C. The van der Waals surface area contributed by atoms with Crippen LogP contribution in [0.15, 0.2) is 72.8 Å². The molecule has 0 saturated heterocycles. The molecule has 3 rings (SSSR count). The van der Waals surface area contributed by atoms with Crippen LogP contribution in [0.2, 0.25) is 10.0 Å². The molecule has 2 atom stereocenters. The Morgan fingerprint density at radius 3 is 2.31 bits per heavy atom. The molecule has 3 aromatic carbocycles. The highest BCUT2D eigenvalue weighted by Crippen LogP contribution is 2.25. The Labute approximate surface area is 223 Å². The molecule has 190 valence electrons. The summed E-state index contributed by atoms with van der Waals surface area (Å²) < 4.78 is 5.87. The molecule has 0 aliphatic rings. The maximum atomic E-state index is 13.6. The van der Waals surface area contributed by atoms with Crippen molar-refractivity contribution in [3.63, 3.8) is 0 Å². The maximum Gasteiger partial charge on any atom is 0.261 e. The molecular formula is C29H32Cl2N2O3. The summed E-state index contributed by atoms with van der Waals surface area (Å²) in [7, 11) is 0. The average molecular weight is 527 g/mol. The third kappa shape index (κ3) is 7.74. The summed E-state index contributed by atoms with van der Waals surface area (Å²) in [6, 6.07) is 21.6. The largest absolute Gasteiger partial charge is 0.484 e. The summed E-state index contributed by atoms with van der Waals surface area (Å²) in [6.07, 6.45) is 1.14. The van der Waals surface area contributed by atoms with Crippen molar-refractivity contribution in [2.24, 2.45) is 0 Å². The van der Waals surface area contributed by atoms with Gasteiger partial charge in [0.05, 0.1) is 10.0 Å².